The number of amides is 2. The Morgan fingerprint density at radius 1 is 0.735 bits per heavy atom. The van der Waals surface area contributed by atoms with Crippen molar-refractivity contribution < 1.29 is 19.1 Å². The van der Waals surface area contributed by atoms with Gasteiger partial charge in [0.1, 0.15) is 18.8 Å². The molecule has 6 nitrogen and oxygen atoms in total. The normalized spacial score (nSPS) is 13.8. The van der Waals surface area contributed by atoms with E-state index in [1.165, 1.54) is 0 Å². The highest BCUT2D eigenvalue weighted by Crippen LogP contribution is 2.31. The lowest BCUT2D eigenvalue weighted by molar-refractivity contribution is -0.124. The third kappa shape index (κ3) is 5.64. The van der Waals surface area contributed by atoms with Crippen LogP contribution in [0.2, 0.25) is 0 Å². The predicted molar refractivity (Wildman–Crippen MR) is 131 cm³/mol. The molecule has 0 spiro atoms. The van der Waals surface area contributed by atoms with E-state index in [9.17, 15) is 9.59 Å². The second-order valence-electron chi connectivity index (χ2n) is 8.17. The van der Waals surface area contributed by atoms with Gasteiger partial charge in [0.15, 0.2) is 11.5 Å². The second kappa shape index (κ2) is 10.7. The molecule has 4 rings (SSSR count). The highest BCUT2D eigenvalue weighted by Gasteiger charge is 2.23. The van der Waals surface area contributed by atoms with Crippen LogP contribution in [0.25, 0.3) is 6.08 Å². The molecule has 3 aromatic rings. The summed E-state index contributed by atoms with van der Waals surface area (Å²) in [7, 11) is 0. The minimum atomic E-state index is -0.455. The largest absolute Gasteiger partial charge is 0.486 e. The third-order valence-corrected chi connectivity index (χ3v) is 5.66. The summed E-state index contributed by atoms with van der Waals surface area (Å²) < 4.78 is 11.2. The molecule has 2 amide bonds. The average Bonchev–Trinajstić information content (AvgIpc) is 2.88. The van der Waals surface area contributed by atoms with Gasteiger partial charge in [-0.15, -0.1) is 0 Å². The fourth-order valence-corrected chi connectivity index (χ4v) is 3.75. The van der Waals surface area contributed by atoms with Crippen molar-refractivity contribution in [2.24, 2.45) is 0 Å². The molecule has 3 aromatic carbocycles. The van der Waals surface area contributed by atoms with Gasteiger partial charge in [-0.05, 0) is 48.7 Å². The molecule has 0 fully saturated rings. The topological polar surface area (TPSA) is 76.7 Å². The van der Waals surface area contributed by atoms with Gasteiger partial charge in [0.2, 0.25) is 0 Å². The van der Waals surface area contributed by atoms with Crippen LogP contribution in [-0.4, -0.2) is 25.0 Å². The Labute approximate surface area is 199 Å². The Bertz CT molecular complexity index is 1110. The third-order valence-electron chi connectivity index (χ3n) is 5.66. The van der Waals surface area contributed by atoms with Crippen LogP contribution >= 0.6 is 0 Å². The molecule has 0 saturated heterocycles. The van der Waals surface area contributed by atoms with Crippen molar-refractivity contribution in [2.45, 2.75) is 25.9 Å². The van der Waals surface area contributed by atoms with E-state index in [-0.39, 0.29) is 17.7 Å². The van der Waals surface area contributed by atoms with Gasteiger partial charge in [-0.1, -0.05) is 66.7 Å². The molecule has 1 aliphatic rings. The van der Waals surface area contributed by atoms with Crippen LogP contribution in [-0.2, 0) is 9.59 Å². The summed E-state index contributed by atoms with van der Waals surface area (Å²) in [5, 5.41) is 5.90. The standard InChI is InChI=1S/C28H28N2O4/c1-19(22-9-5-3-6-10-22)29-27(31)24(28(32)30-20(2)23-11-7-4-8-12-23)17-21-13-14-25-26(18-21)34-16-15-33-25/h3-14,17-20H,15-16H2,1-2H3,(H,29,31)(H,30,32)/t19-,20-/m1/s1. The fourth-order valence-electron chi connectivity index (χ4n) is 3.75. The van der Waals surface area contributed by atoms with Gasteiger partial charge in [-0.25, -0.2) is 0 Å². The molecule has 6 heteroatoms. The van der Waals surface area contributed by atoms with E-state index in [1.807, 2.05) is 74.5 Å². The van der Waals surface area contributed by atoms with Crippen LogP contribution in [0.3, 0.4) is 0 Å². The monoisotopic (exact) mass is 456 g/mol. The van der Waals surface area contributed by atoms with Gasteiger partial charge < -0.3 is 20.1 Å². The molecule has 2 atom stereocenters. The van der Waals surface area contributed by atoms with E-state index in [0.717, 1.165) is 11.1 Å². The fraction of sp³-hybridized carbons (Fsp3) is 0.214. The number of hydrogen-bond donors (Lipinski definition) is 2. The number of carbonyl (C=O) groups excluding carboxylic acids is 2. The summed E-state index contributed by atoms with van der Waals surface area (Å²) in [5.74, 6) is 0.331. The van der Waals surface area contributed by atoms with Crippen LogP contribution in [0.4, 0.5) is 0 Å². The Balaban J connectivity index is 1.60. The van der Waals surface area contributed by atoms with Crippen molar-refractivity contribution >= 4 is 17.9 Å². The van der Waals surface area contributed by atoms with Crippen molar-refractivity contribution in [3.63, 3.8) is 0 Å². The minimum absolute atomic E-state index is 0.0160. The molecule has 34 heavy (non-hydrogen) atoms. The number of rotatable bonds is 7. The first-order valence-electron chi connectivity index (χ1n) is 11.3. The zero-order chi connectivity index (χ0) is 23.9. The highest BCUT2D eigenvalue weighted by molar-refractivity contribution is 6.21. The molecule has 1 aliphatic heterocycles. The lowest BCUT2D eigenvalue weighted by atomic mass is 10.0. The van der Waals surface area contributed by atoms with Gasteiger partial charge >= 0.3 is 0 Å². The molecular weight excluding hydrogens is 428 g/mol. The molecule has 0 aromatic heterocycles. The first-order valence-corrected chi connectivity index (χ1v) is 11.3. The van der Waals surface area contributed by atoms with Gasteiger partial charge in [0.05, 0.1) is 12.1 Å². The Hall–Kier alpha value is -4.06. The zero-order valence-electron chi connectivity index (χ0n) is 19.3. The summed E-state index contributed by atoms with van der Waals surface area (Å²) in [4.78, 5) is 26.6. The van der Waals surface area contributed by atoms with Crippen LogP contribution in [0.1, 0.15) is 42.6 Å². The number of ether oxygens (including phenoxy) is 2. The number of fused-ring (bicyclic) bond motifs is 1. The Morgan fingerprint density at radius 2 is 1.24 bits per heavy atom. The van der Waals surface area contributed by atoms with Crippen molar-refractivity contribution in [1.29, 1.82) is 0 Å². The van der Waals surface area contributed by atoms with Crippen molar-refractivity contribution in [3.05, 3.63) is 101 Å². The summed E-state index contributed by atoms with van der Waals surface area (Å²) in [6.07, 6.45) is 1.58. The Morgan fingerprint density at radius 3 is 1.76 bits per heavy atom. The second-order valence-corrected chi connectivity index (χ2v) is 8.17. The first-order chi connectivity index (χ1) is 16.5. The van der Waals surface area contributed by atoms with Crippen LogP contribution < -0.4 is 20.1 Å². The Kier molecular flexibility index (Phi) is 7.28. The maximum atomic E-state index is 13.3. The average molecular weight is 457 g/mol. The van der Waals surface area contributed by atoms with E-state index in [1.54, 1.807) is 24.3 Å². The summed E-state index contributed by atoms with van der Waals surface area (Å²) in [5.41, 5.74) is 2.59. The summed E-state index contributed by atoms with van der Waals surface area (Å²) in [6.45, 7) is 4.73. The van der Waals surface area contributed by atoms with Gasteiger partial charge in [-0.3, -0.25) is 9.59 Å². The molecular formula is C28H28N2O4. The van der Waals surface area contributed by atoms with Crippen LogP contribution in [0.15, 0.2) is 84.4 Å². The molecule has 0 aliphatic carbocycles. The predicted octanol–water partition coefficient (Wildman–Crippen LogP) is 4.60. The number of benzene rings is 3. The highest BCUT2D eigenvalue weighted by atomic mass is 16.6. The molecule has 0 radical (unpaired) electrons. The van der Waals surface area contributed by atoms with Crippen molar-refractivity contribution in [1.82, 2.24) is 10.6 Å². The minimum Gasteiger partial charge on any atom is -0.486 e. The molecule has 1 heterocycles. The van der Waals surface area contributed by atoms with Crippen molar-refractivity contribution in [3.8, 4) is 11.5 Å². The lowest BCUT2D eigenvalue weighted by Gasteiger charge is -2.20. The van der Waals surface area contributed by atoms with Crippen LogP contribution in [0, 0.1) is 0 Å². The smallest absolute Gasteiger partial charge is 0.257 e. The molecule has 174 valence electrons. The summed E-state index contributed by atoms with van der Waals surface area (Å²) in [6, 6.07) is 24.1. The summed E-state index contributed by atoms with van der Waals surface area (Å²) >= 11 is 0. The van der Waals surface area contributed by atoms with E-state index in [0.29, 0.717) is 30.3 Å². The zero-order valence-corrected chi connectivity index (χ0v) is 19.3. The van der Waals surface area contributed by atoms with E-state index < -0.39 is 11.8 Å². The molecule has 0 bridgehead atoms. The molecule has 0 unspecified atom stereocenters. The number of hydrogen-bond acceptors (Lipinski definition) is 4. The molecule has 2 N–H and O–H groups in total. The number of nitrogens with one attached hydrogen (secondary N) is 2. The van der Waals surface area contributed by atoms with Gasteiger partial charge in [0.25, 0.3) is 11.8 Å². The van der Waals surface area contributed by atoms with Crippen LogP contribution in [0.5, 0.6) is 11.5 Å². The van der Waals surface area contributed by atoms with Crippen molar-refractivity contribution in [2.75, 3.05) is 13.2 Å². The van der Waals surface area contributed by atoms with Gasteiger partial charge in [-0.2, -0.15) is 0 Å². The van der Waals surface area contributed by atoms with E-state index in [2.05, 4.69) is 10.6 Å². The first kappa shape index (κ1) is 23.1. The maximum absolute atomic E-state index is 13.3. The maximum Gasteiger partial charge on any atom is 0.257 e. The van der Waals surface area contributed by atoms with E-state index in [4.69, 9.17) is 9.47 Å². The quantitative estimate of drug-likeness (QED) is 0.310. The van der Waals surface area contributed by atoms with Gasteiger partial charge in [0, 0.05) is 0 Å². The lowest BCUT2D eigenvalue weighted by Crippen LogP contribution is -2.36. The SMILES string of the molecule is C[C@@H](NC(=O)C(=Cc1ccc2c(c1)OCCO2)C(=O)N[C@H](C)c1ccccc1)c1ccccc1. The van der Waals surface area contributed by atoms with E-state index >= 15 is 0 Å². The number of carbonyl (C=O) groups is 2. The molecule has 0 saturated carbocycles.